The molecule has 3 heteroatoms. The molecule has 0 fully saturated rings. The summed E-state index contributed by atoms with van der Waals surface area (Å²) in [4.78, 5) is 16.3. The van der Waals surface area contributed by atoms with Crippen molar-refractivity contribution in [3.05, 3.63) is 0 Å². The lowest BCUT2D eigenvalue weighted by atomic mass is 9.84. The minimum absolute atomic E-state index is 0.0471. The molecule has 0 radical (unpaired) electrons. The average Bonchev–Trinajstić information content (AvgIpc) is 2.64. The van der Waals surface area contributed by atoms with Crippen LogP contribution in [-0.4, -0.2) is 24.1 Å². The molecule has 1 heterocycles. The predicted molar refractivity (Wildman–Crippen MR) is 81.6 cm³/mol. The first kappa shape index (κ1) is 16.0. The van der Waals surface area contributed by atoms with Crippen molar-refractivity contribution in [2.75, 3.05) is 6.61 Å². The van der Waals surface area contributed by atoms with Crippen molar-refractivity contribution in [3.8, 4) is 59.9 Å². The monoisotopic (exact) mass is 275 g/mol. The SMILES string of the molecule is C#CC#CC#CC#CC#COCC1N=C(C)C(C)(C)C1=O. The van der Waals surface area contributed by atoms with Gasteiger partial charge in [0.2, 0.25) is 0 Å². The van der Waals surface area contributed by atoms with Crippen LogP contribution in [0.1, 0.15) is 20.8 Å². The van der Waals surface area contributed by atoms with E-state index >= 15 is 0 Å². The van der Waals surface area contributed by atoms with Gasteiger partial charge in [0, 0.05) is 29.4 Å². The van der Waals surface area contributed by atoms with Crippen molar-refractivity contribution in [1.29, 1.82) is 0 Å². The van der Waals surface area contributed by atoms with Crippen molar-refractivity contribution >= 4 is 11.5 Å². The molecule has 0 aromatic carbocycles. The number of rotatable bonds is 2. The summed E-state index contributed by atoms with van der Waals surface area (Å²) in [6.07, 6.45) is 7.31. The maximum atomic E-state index is 12.0. The van der Waals surface area contributed by atoms with Crippen molar-refractivity contribution < 1.29 is 9.53 Å². The van der Waals surface area contributed by atoms with Gasteiger partial charge in [0.1, 0.15) is 18.8 Å². The van der Waals surface area contributed by atoms with Gasteiger partial charge in [-0.15, -0.1) is 6.42 Å². The molecular weight excluding hydrogens is 262 g/mol. The molecule has 0 aliphatic carbocycles. The molecule has 0 N–H and O–H groups in total. The van der Waals surface area contributed by atoms with Crippen LogP contribution < -0.4 is 0 Å². The van der Waals surface area contributed by atoms with Crippen LogP contribution in [-0.2, 0) is 9.53 Å². The van der Waals surface area contributed by atoms with E-state index in [9.17, 15) is 4.79 Å². The lowest BCUT2D eigenvalue weighted by Crippen LogP contribution is -2.32. The Morgan fingerprint density at radius 1 is 1.14 bits per heavy atom. The zero-order valence-corrected chi connectivity index (χ0v) is 12.1. The van der Waals surface area contributed by atoms with Crippen LogP contribution >= 0.6 is 0 Å². The van der Waals surface area contributed by atoms with E-state index in [0.717, 1.165) is 5.71 Å². The molecule has 0 saturated carbocycles. The van der Waals surface area contributed by atoms with Crippen LogP contribution in [0, 0.1) is 65.3 Å². The van der Waals surface area contributed by atoms with E-state index in [4.69, 9.17) is 11.2 Å². The van der Waals surface area contributed by atoms with Crippen LogP contribution in [0.2, 0.25) is 0 Å². The van der Waals surface area contributed by atoms with Gasteiger partial charge in [-0.1, -0.05) is 0 Å². The first-order chi connectivity index (χ1) is 10.00. The minimum atomic E-state index is -0.518. The van der Waals surface area contributed by atoms with Gasteiger partial charge in [-0.2, -0.15) is 0 Å². The highest BCUT2D eigenvalue weighted by Crippen LogP contribution is 2.28. The van der Waals surface area contributed by atoms with Crippen molar-refractivity contribution in [2.24, 2.45) is 10.4 Å². The molecule has 21 heavy (non-hydrogen) atoms. The second-order valence-corrected chi connectivity index (χ2v) is 4.65. The lowest BCUT2D eigenvalue weighted by Gasteiger charge is -2.16. The molecule has 1 atom stereocenters. The number of terminal acetylenes is 1. The maximum absolute atomic E-state index is 12.0. The molecule has 0 saturated heterocycles. The van der Waals surface area contributed by atoms with E-state index < -0.39 is 11.5 Å². The number of aliphatic imine (C=N–C) groups is 1. The first-order valence-electron chi connectivity index (χ1n) is 6.16. The van der Waals surface area contributed by atoms with Crippen molar-refractivity contribution in [2.45, 2.75) is 26.8 Å². The number of ether oxygens (including phenoxy) is 1. The van der Waals surface area contributed by atoms with Gasteiger partial charge in [-0.05, 0) is 44.5 Å². The highest BCUT2D eigenvalue weighted by molar-refractivity contribution is 6.14. The summed E-state index contributed by atoms with van der Waals surface area (Å²) in [5.41, 5.74) is 0.299. The molecule has 102 valence electrons. The highest BCUT2D eigenvalue weighted by Gasteiger charge is 2.41. The number of Topliss-reactive ketones (excluding diaryl/α,β-unsaturated/α-hetero) is 1. The summed E-state index contributed by atoms with van der Waals surface area (Å²) in [5, 5.41) is 0. The lowest BCUT2D eigenvalue weighted by molar-refractivity contribution is -0.124. The predicted octanol–water partition coefficient (Wildman–Crippen LogP) is 1.05. The largest absolute Gasteiger partial charge is 0.443 e. The molecule has 1 unspecified atom stereocenters. The highest BCUT2D eigenvalue weighted by atomic mass is 16.5. The standard InChI is InChI=1S/C18H13NO2/c1-5-6-7-8-9-10-11-12-13-21-14-16-17(20)18(3,4)15(2)19-16/h1,16H,14H2,2-4H3. The van der Waals surface area contributed by atoms with Crippen molar-refractivity contribution in [1.82, 2.24) is 0 Å². The van der Waals surface area contributed by atoms with Gasteiger partial charge < -0.3 is 4.74 Å². The van der Waals surface area contributed by atoms with Gasteiger partial charge in [-0.25, -0.2) is 0 Å². The van der Waals surface area contributed by atoms with E-state index in [1.54, 1.807) is 0 Å². The Morgan fingerprint density at radius 3 is 2.24 bits per heavy atom. The smallest absolute Gasteiger partial charge is 0.171 e. The molecule has 0 amide bonds. The number of carbonyl (C=O) groups excluding carboxylic acids is 1. The maximum Gasteiger partial charge on any atom is 0.171 e. The topological polar surface area (TPSA) is 38.7 Å². The van der Waals surface area contributed by atoms with Crippen LogP contribution in [0.15, 0.2) is 4.99 Å². The van der Waals surface area contributed by atoms with Gasteiger partial charge >= 0.3 is 0 Å². The number of hydrogen-bond donors (Lipinski definition) is 0. The third-order valence-electron chi connectivity index (χ3n) is 2.98. The zero-order valence-electron chi connectivity index (χ0n) is 12.1. The number of nitrogens with zero attached hydrogens (tertiary/aromatic N) is 1. The normalized spacial score (nSPS) is 17.1. The number of hydrogen-bond acceptors (Lipinski definition) is 3. The summed E-state index contributed by atoms with van der Waals surface area (Å²) < 4.78 is 5.08. The van der Waals surface area contributed by atoms with E-state index in [-0.39, 0.29) is 12.4 Å². The van der Waals surface area contributed by atoms with E-state index in [0.29, 0.717) is 0 Å². The molecule has 1 aliphatic rings. The third-order valence-corrected chi connectivity index (χ3v) is 2.98. The van der Waals surface area contributed by atoms with Gasteiger partial charge in [-0.3, -0.25) is 9.79 Å². The molecule has 3 nitrogen and oxygen atoms in total. The minimum Gasteiger partial charge on any atom is -0.443 e. The van der Waals surface area contributed by atoms with Crippen LogP contribution in [0.25, 0.3) is 0 Å². The summed E-state index contributed by atoms with van der Waals surface area (Å²) >= 11 is 0. The fraction of sp³-hybridized carbons (Fsp3) is 0.333. The Kier molecular flexibility index (Phi) is 5.72. The Balaban J connectivity index is 2.45. The number of carbonyl (C=O) groups is 1. The van der Waals surface area contributed by atoms with Crippen LogP contribution in [0.4, 0.5) is 0 Å². The van der Waals surface area contributed by atoms with E-state index in [2.05, 4.69) is 58.5 Å². The molecular formula is C18H13NO2. The fourth-order valence-electron chi connectivity index (χ4n) is 1.54. The molecule has 0 aromatic rings. The Hall–Kier alpha value is -3.06. The summed E-state index contributed by atoms with van der Waals surface area (Å²) in [6, 6.07) is -0.485. The van der Waals surface area contributed by atoms with Gasteiger partial charge in [0.05, 0.1) is 5.41 Å². The number of ketones is 1. The molecule has 1 aliphatic heterocycles. The third kappa shape index (κ3) is 4.51. The Morgan fingerprint density at radius 2 is 1.71 bits per heavy atom. The average molecular weight is 275 g/mol. The Bertz CT molecular complexity index is 747. The summed E-state index contributed by atoms with van der Waals surface area (Å²) in [7, 11) is 0. The molecule has 0 bridgehead atoms. The van der Waals surface area contributed by atoms with Crippen LogP contribution in [0.3, 0.4) is 0 Å². The first-order valence-corrected chi connectivity index (χ1v) is 6.16. The van der Waals surface area contributed by atoms with Gasteiger partial charge in [0.25, 0.3) is 0 Å². The van der Waals surface area contributed by atoms with Crippen LogP contribution in [0.5, 0.6) is 0 Å². The second-order valence-electron chi connectivity index (χ2n) is 4.65. The molecule has 0 aromatic heterocycles. The Labute approximate surface area is 125 Å². The zero-order chi connectivity index (χ0) is 15.7. The summed E-state index contributed by atoms with van der Waals surface area (Å²) in [6.45, 7) is 5.69. The van der Waals surface area contributed by atoms with E-state index in [1.807, 2.05) is 20.8 Å². The second kappa shape index (κ2) is 7.51. The quantitative estimate of drug-likeness (QED) is 0.706. The summed E-state index contributed by atoms with van der Waals surface area (Å²) in [5.74, 6) is 19.2. The van der Waals surface area contributed by atoms with Crippen molar-refractivity contribution in [3.63, 3.8) is 0 Å². The fourth-order valence-corrected chi connectivity index (χ4v) is 1.54. The van der Waals surface area contributed by atoms with E-state index in [1.165, 1.54) is 0 Å². The van der Waals surface area contributed by atoms with Gasteiger partial charge in [0.15, 0.2) is 5.78 Å². The molecule has 0 spiro atoms. The molecule has 1 rings (SSSR count).